The van der Waals surface area contributed by atoms with Gasteiger partial charge in [-0.05, 0) is 50.1 Å². The fourth-order valence-electron chi connectivity index (χ4n) is 3.84. The molecule has 0 aliphatic carbocycles. The highest BCUT2D eigenvalue weighted by atomic mass is 32.2. The van der Waals surface area contributed by atoms with Crippen LogP contribution in [0.25, 0.3) is 11.3 Å². The minimum absolute atomic E-state index is 0.000931. The lowest BCUT2D eigenvalue weighted by molar-refractivity contribution is -0.122. The van der Waals surface area contributed by atoms with Crippen LogP contribution in [0.3, 0.4) is 0 Å². The van der Waals surface area contributed by atoms with Gasteiger partial charge < -0.3 is 14.2 Å². The van der Waals surface area contributed by atoms with Crippen LogP contribution < -0.4 is 10.0 Å². The summed E-state index contributed by atoms with van der Waals surface area (Å²) in [5.41, 5.74) is 3.17. The molecule has 2 aromatic heterocycles. The van der Waals surface area contributed by atoms with Crippen molar-refractivity contribution in [2.45, 2.75) is 31.2 Å². The average molecular weight is 475 g/mol. The molecule has 1 amide bonds. The largest absolute Gasteiger partial charge is 0.451 e. The third-order valence-electron chi connectivity index (χ3n) is 5.32. The molecule has 0 bridgehead atoms. The number of carbonyl (C=O) groups excluding carboxylic acids is 2. The summed E-state index contributed by atoms with van der Waals surface area (Å²) in [4.78, 5) is 31.4. The van der Waals surface area contributed by atoms with Crippen molar-refractivity contribution in [1.29, 1.82) is 0 Å². The van der Waals surface area contributed by atoms with Crippen molar-refractivity contribution < 1.29 is 22.7 Å². The number of esters is 1. The van der Waals surface area contributed by atoms with Gasteiger partial charge in [-0.25, -0.2) is 23.3 Å². The van der Waals surface area contributed by atoms with Gasteiger partial charge in [0.2, 0.25) is 10.0 Å². The van der Waals surface area contributed by atoms with E-state index in [1.54, 1.807) is 29.9 Å². The molecule has 1 aliphatic heterocycles. The Morgan fingerprint density at radius 3 is 2.72 bits per heavy atom. The first-order chi connectivity index (χ1) is 15.0. The van der Waals surface area contributed by atoms with Crippen molar-refractivity contribution in [3.8, 4) is 11.3 Å². The third-order valence-corrected chi connectivity index (χ3v) is 7.00. The Labute approximate surface area is 189 Å². The number of fused-ring (bicyclic) bond motifs is 1. The van der Waals surface area contributed by atoms with Crippen molar-refractivity contribution in [1.82, 2.24) is 9.55 Å². The third kappa shape index (κ3) is 4.18. The minimum atomic E-state index is -3.83. The van der Waals surface area contributed by atoms with Gasteiger partial charge in [-0.3, -0.25) is 4.79 Å². The van der Waals surface area contributed by atoms with Gasteiger partial charge in [0.25, 0.3) is 5.91 Å². The zero-order chi connectivity index (χ0) is 23.2. The number of thiazole rings is 1. The fourth-order valence-corrected chi connectivity index (χ4v) is 5.03. The first-order valence-electron chi connectivity index (χ1n) is 9.78. The number of aromatic nitrogens is 2. The molecule has 1 aliphatic rings. The highest BCUT2D eigenvalue weighted by molar-refractivity contribution is 7.89. The molecule has 2 N–H and O–H groups in total. The van der Waals surface area contributed by atoms with Gasteiger partial charge in [-0.1, -0.05) is 0 Å². The van der Waals surface area contributed by atoms with Crippen LogP contribution in [0, 0.1) is 6.92 Å². The van der Waals surface area contributed by atoms with Crippen LogP contribution in [0.5, 0.6) is 0 Å². The monoisotopic (exact) mass is 474 g/mol. The van der Waals surface area contributed by atoms with Gasteiger partial charge in [0.1, 0.15) is 5.69 Å². The minimum Gasteiger partial charge on any atom is -0.451 e. The van der Waals surface area contributed by atoms with E-state index in [4.69, 9.17) is 9.88 Å². The van der Waals surface area contributed by atoms with E-state index in [1.807, 2.05) is 19.2 Å². The first kappa shape index (κ1) is 22.2. The maximum Gasteiger partial charge on any atom is 0.355 e. The van der Waals surface area contributed by atoms with Crippen molar-refractivity contribution in [2.24, 2.45) is 12.2 Å². The SMILES string of the molecule is Cc1nc(-c2cc(C(=O)OCC(=O)N3c4ccc(S(N)(=O)=O)cc4C[C@H]3C)n(C)c2)cs1. The number of hydrogen-bond donors (Lipinski definition) is 1. The van der Waals surface area contributed by atoms with Crippen molar-refractivity contribution in [3.05, 3.63) is 52.1 Å². The molecular formula is C21H22N4O5S2. The fraction of sp³-hybridized carbons (Fsp3) is 0.286. The highest BCUT2D eigenvalue weighted by Gasteiger charge is 2.32. The molecule has 3 heterocycles. The molecule has 0 saturated carbocycles. The molecule has 32 heavy (non-hydrogen) atoms. The number of nitrogens with two attached hydrogens (primary N) is 1. The Morgan fingerprint density at radius 1 is 1.31 bits per heavy atom. The smallest absolute Gasteiger partial charge is 0.355 e. The topological polar surface area (TPSA) is 125 Å². The first-order valence-corrected chi connectivity index (χ1v) is 12.2. The summed E-state index contributed by atoms with van der Waals surface area (Å²) < 4.78 is 30.1. The van der Waals surface area contributed by atoms with E-state index in [9.17, 15) is 18.0 Å². The number of benzene rings is 1. The molecule has 0 spiro atoms. The molecule has 0 unspecified atom stereocenters. The summed E-state index contributed by atoms with van der Waals surface area (Å²) in [6.45, 7) is 3.32. The number of primary sulfonamides is 1. The molecule has 3 aromatic rings. The molecule has 0 fully saturated rings. The number of rotatable bonds is 5. The van der Waals surface area contributed by atoms with Gasteiger partial charge in [-0.2, -0.15) is 0 Å². The number of amides is 1. The number of aryl methyl sites for hydroxylation is 2. The van der Waals surface area contributed by atoms with Gasteiger partial charge >= 0.3 is 5.97 Å². The van der Waals surface area contributed by atoms with Gasteiger partial charge in [0.05, 0.1) is 15.6 Å². The van der Waals surface area contributed by atoms with Crippen molar-refractivity contribution in [3.63, 3.8) is 0 Å². The number of nitrogens with zero attached hydrogens (tertiary/aromatic N) is 3. The molecule has 0 saturated heterocycles. The van der Waals surface area contributed by atoms with Gasteiger partial charge in [0.15, 0.2) is 6.61 Å². The Balaban J connectivity index is 1.47. The van der Waals surface area contributed by atoms with Gasteiger partial charge in [-0.15, -0.1) is 11.3 Å². The van der Waals surface area contributed by atoms with Crippen LogP contribution in [0.15, 0.2) is 40.7 Å². The number of carbonyl (C=O) groups is 2. The Bertz CT molecular complexity index is 1330. The second-order valence-corrected chi connectivity index (χ2v) is 10.3. The molecule has 11 heteroatoms. The normalized spacial score (nSPS) is 15.6. The summed E-state index contributed by atoms with van der Waals surface area (Å²) in [6.07, 6.45) is 2.27. The number of anilines is 1. The maximum atomic E-state index is 12.8. The van der Waals surface area contributed by atoms with Crippen molar-refractivity contribution in [2.75, 3.05) is 11.5 Å². The van der Waals surface area contributed by atoms with Crippen LogP contribution in [-0.2, 0) is 33.0 Å². The lowest BCUT2D eigenvalue weighted by Gasteiger charge is -2.22. The van der Waals surface area contributed by atoms with E-state index in [-0.39, 0.29) is 10.9 Å². The van der Waals surface area contributed by atoms with Crippen molar-refractivity contribution >= 4 is 38.9 Å². The summed E-state index contributed by atoms with van der Waals surface area (Å²) in [7, 11) is -2.11. The molecule has 168 valence electrons. The zero-order valence-electron chi connectivity index (χ0n) is 17.7. The summed E-state index contributed by atoms with van der Waals surface area (Å²) in [5.74, 6) is -1.01. The number of hydrogen-bond acceptors (Lipinski definition) is 7. The van der Waals surface area contributed by atoms with Crippen LogP contribution in [0.1, 0.15) is 28.0 Å². The van der Waals surface area contributed by atoms with Crippen LogP contribution >= 0.6 is 11.3 Å². The molecule has 9 nitrogen and oxygen atoms in total. The summed E-state index contributed by atoms with van der Waals surface area (Å²) in [5, 5.41) is 8.04. The Hall–Kier alpha value is -3.02. The summed E-state index contributed by atoms with van der Waals surface area (Å²) in [6, 6.07) is 5.87. The average Bonchev–Trinajstić information content (AvgIpc) is 3.40. The second-order valence-electron chi connectivity index (χ2n) is 7.71. The van der Waals surface area contributed by atoms with E-state index < -0.39 is 28.5 Å². The summed E-state index contributed by atoms with van der Waals surface area (Å²) >= 11 is 1.52. The zero-order valence-corrected chi connectivity index (χ0v) is 19.4. The highest BCUT2D eigenvalue weighted by Crippen LogP contribution is 2.34. The predicted octanol–water partition coefficient (Wildman–Crippen LogP) is 2.24. The standard InChI is InChI=1S/C21H22N4O5S2/c1-12-6-14-7-16(32(22,28)29)4-5-18(14)25(12)20(26)10-30-21(27)19-8-15(9-24(19)3)17-11-31-13(2)23-17/h4-5,7-9,11-12H,6,10H2,1-3H3,(H2,22,28,29)/t12-/m1/s1. The molecule has 4 rings (SSSR count). The Kier molecular flexibility index (Phi) is 5.65. The maximum absolute atomic E-state index is 12.8. The Morgan fingerprint density at radius 2 is 2.06 bits per heavy atom. The molecular weight excluding hydrogens is 452 g/mol. The molecule has 0 radical (unpaired) electrons. The number of ether oxygens (including phenoxy) is 1. The predicted molar refractivity (Wildman–Crippen MR) is 120 cm³/mol. The van der Waals surface area contributed by atoms with E-state index in [0.717, 1.165) is 16.3 Å². The second kappa shape index (κ2) is 8.15. The molecule has 1 atom stereocenters. The van der Waals surface area contributed by atoms with E-state index in [2.05, 4.69) is 4.98 Å². The van der Waals surface area contributed by atoms with E-state index in [1.165, 1.54) is 28.4 Å². The lowest BCUT2D eigenvalue weighted by atomic mass is 10.1. The molecule has 1 aromatic carbocycles. The van der Waals surface area contributed by atoms with Crippen LogP contribution in [0.2, 0.25) is 0 Å². The number of sulfonamides is 1. The van der Waals surface area contributed by atoms with E-state index in [0.29, 0.717) is 23.4 Å². The van der Waals surface area contributed by atoms with Crippen LogP contribution in [-0.4, -0.2) is 42.5 Å². The lowest BCUT2D eigenvalue weighted by Crippen LogP contribution is -2.38. The van der Waals surface area contributed by atoms with Gasteiger partial charge in [0, 0.05) is 35.9 Å². The van der Waals surface area contributed by atoms with E-state index >= 15 is 0 Å². The van der Waals surface area contributed by atoms with Crippen LogP contribution in [0.4, 0.5) is 5.69 Å². The quantitative estimate of drug-likeness (QED) is 0.566.